The molecule has 1 aliphatic rings. The monoisotopic (exact) mass is 312 g/mol. The summed E-state index contributed by atoms with van der Waals surface area (Å²) in [6.45, 7) is 12.1. The summed E-state index contributed by atoms with van der Waals surface area (Å²) in [5.41, 5.74) is 6.35. The van der Waals surface area contributed by atoms with Gasteiger partial charge < -0.3 is 4.90 Å². The molecule has 0 unspecified atom stereocenters. The topological polar surface area (TPSA) is 35.2 Å². The van der Waals surface area contributed by atoms with Gasteiger partial charge in [-0.15, -0.1) is 0 Å². The number of hydrogen-bond donors (Lipinski definition) is 1. The Hall–Kier alpha value is -1.81. The van der Waals surface area contributed by atoms with Crippen LogP contribution in [0.5, 0.6) is 0 Å². The van der Waals surface area contributed by atoms with E-state index in [1.165, 1.54) is 35.5 Å². The van der Waals surface area contributed by atoms with Crippen LogP contribution in [0.25, 0.3) is 11.3 Å². The summed E-state index contributed by atoms with van der Waals surface area (Å²) in [4.78, 5) is 4.90. The molecule has 0 bridgehead atoms. The fourth-order valence-corrected chi connectivity index (χ4v) is 3.52. The fourth-order valence-electron chi connectivity index (χ4n) is 3.52. The quantitative estimate of drug-likeness (QED) is 0.883. The van der Waals surface area contributed by atoms with Crippen LogP contribution < -0.4 is 4.90 Å². The Kier molecular flexibility index (Phi) is 5.01. The van der Waals surface area contributed by atoms with E-state index in [0.29, 0.717) is 0 Å². The Morgan fingerprint density at radius 2 is 1.87 bits per heavy atom. The van der Waals surface area contributed by atoms with Gasteiger partial charge in [-0.3, -0.25) is 10.00 Å². The normalized spacial score (nSPS) is 14.7. The summed E-state index contributed by atoms with van der Waals surface area (Å²) in [6.07, 6.45) is 2.29. The molecule has 4 heteroatoms. The van der Waals surface area contributed by atoms with Crippen LogP contribution in [0.3, 0.4) is 0 Å². The molecule has 23 heavy (non-hydrogen) atoms. The maximum atomic E-state index is 4.61. The molecule has 3 rings (SSSR count). The van der Waals surface area contributed by atoms with Crippen molar-refractivity contribution in [3.8, 4) is 11.3 Å². The van der Waals surface area contributed by atoms with Crippen LogP contribution in [0.15, 0.2) is 24.3 Å². The lowest BCUT2D eigenvalue weighted by atomic mass is 10.0. The second-order valence-corrected chi connectivity index (χ2v) is 6.27. The summed E-state index contributed by atoms with van der Waals surface area (Å²) in [7, 11) is 0. The van der Waals surface area contributed by atoms with Gasteiger partial charge in [-0.25, -0.2) is 0 Å². The number of aromatic amines is 1. The van der Waals surface area contributed by atoms with Crippen LogP contribution >= 0.6 is 0 Å². The van der Waals surface area contributed by atoms with Crippen LogP contribution in [0, 0.1) is 0 Å². The highest BCUT2D eigenvalue weighted by atomic mass is 15.2. The van der Waals surface area contributed by atoms with Crippen molar-refractivity contribution in [3.05, 3.63) is 35.5 Å². The van der Waals surface area contributed by atoms with Crippen molar-refractivity contribution in [2.45, 2.75) is 40.2 Å². The largest absolute Gasteiger partial charge is 0.372 e. The molecule has 4 nitrogen and oxygen atoms in total. The van der Waals surface area contributed by atoms with Crippen molar-refractivity contribution in [2.24, 2.45) is 0 Å². The first-order valence-electron chi connectivity index (χ1n) is 8.90. The fraction of sp³-hybridized carbons (Fsp3) is 0.526. The van der Waals surface area contributed by atoms with E-state index in [9.17, 15) is 0 Å². The molecule has 0 amide bonds. The van der Waals surface area contributed by atoms with Crippen molar-refractivity contribution in [1.82, 2.24) is 15.1 Å². The molecule has 0 aliphatic carbocycles. The zero-order valence-corrected chi connectivity index (χ0v) is 14.6. The van der Waals surface area contributed by atoms with Crippen molar-refractivity contribution < 1.29 is 0 Å². The van der Waals surface area contributed by atoms with Gasteiger partial charge in [-0.05, 0) is 38.9 Å². The van der Waals surface area contributed by atoms with Crippen LogP contribution in [0.2, 0.25) is 0 Å². The molecule has 1 aliphatic heterocycles. The average molecular weight is 312 g/mol. The van der Waals surface area contributed by atoms with Crippen LogP contribution in [-0.2, 0) is 13.0 Å². The number of aromatic nitrogens is 2. The Labute approximate surface area is 139 Å². The third kappa shape index (κ3) is 3.27. The van der Waals surface area contributed by atoms with Crippen LogP contribution in [0.4, 0.5) is 5.69 Å². The SMILES string of the molecule is CCCN1CCc2[nH]nc(-c3ccc(N(CC)CC)cc3)c2C1. The van der Waals surface area contributed by atoms with E-state index in [1.807, 2.05) is 0 Å². The number of benzene rings is 1. The van der Waals surface area contributed by atoms with Gasteiger partial charge in [0.2, 0.25) is 0 Å². The van der Waals surface area contributed by atoms with Gasteiger partial charge in [0.1, 0.15) is 0 Å². The molecule has 0 fully saturated rings. The molecule has 0 saturated heterocycles. The number of fused-ring (bicyclic) bond motifs is 1. The Morgan fingerprint density at radius 3 is 2.52 bits per heavy atom. The molecule has 0 atom stereocenters. The van der Waals surface area contributed by atoms with Gasteiger partial charge in [0.25, 0.3) is 0 Å². The van der Waals surface area contributed by atoms with Crippen molar-refractivity contribution in [1.29, 1.82) is 0 Å². The van der Waals surface area contributed by atoms with E-state index in [4.69, 9.17) is 0 Å². The summed E-state index contributed by atoms with van der Waals surface area (Å²) in [5.74, 6) is 0. The van der Waals surface area contributed by atoms with Crippen LogP contribution in [0.1, 0.15) is 38.4 Å². The minimum absolute atomic E-state index is 1.02. The molecule has 1 N–H and O–H groups in total. The van der Waals surface area contributed by atoms with Crippen molar-refractivity contribution in [3.63, 3.8) is 0 Å². The Balaban J connectivity index is 1.84. The lowest BCUT2D eigenvalue weighted by Crippen LogP contribution is -2.31. The van der Waals surface area contributed by atoms with Crippen molar-refractivity contribution in [2.75, 3.05) is 31.1 Å². The van der Waals surface area contributed by atoms with E-state index < -0.39 is 0 Å². The highest BCUT2D eigenvalue weighted by Crippen LogP contribution is 2.29. The number of rotatable bonds is 6. The van der Waals surface area contributed by atoms with E-state index in [0.717, 1.165) is 38.3 Å². The third-order valence-corrected chi connectivity index (χ3v) is 4.82. The Bertz CT molecular complexity index is 625. The molecule has 2 heterocycles. The molecule has 0 saturated carbocycles. The molecule has 1 aromatic carbocycles. The van der Waals surface area contributed by atoms with Gasteiger partial charge in [-0.2, -0.15) is 5.10 Å². The lowest BCUT2D eigenvalue weighted by Gasteiger charge is -2.26. The van der Waals surface area contributed by atoms with Crippen molar-refractivity contribution >= 4 is 5.69 Å². The zero-order valence-electron chi connectivity index (χ0n) is 14.6. The summed E-state index contributed by atoms with van der Waals surface area (Å²) in [6, 6.07) is 8.86. The number of H-pyrrole nitrogens is 1. The molecular formula is C19H28N4. The van der Waals surface area contributed by atoms with Crippen LogP contribution in [-0.4, -0.2) is 41.3 Å². The smallest absolute Gasteiger partial charge is 0.0968 e. The predicted molar refractivity (Wildman–Crippen MR) is 96.9 cm³/mol. The minimum Gasteiger partial charge on any atom is -0.372 e. The highest BCUT2D eigenvalue weighted by molar-refractivity contribution is 5.67. The maximum absolute atomic E-state index is 4.61. The first-order valence-corrected chi connectivity index (χ1v) is 8.90. The van der Waals surface area contributed by atoms with Gasteiger partial charge in [0, 0.05) is 55.1 Å². The summed E-state index contributed by atoms with van der Waals surface area (Å²) in [5, 5.41) is 7.87. The van der Waals surface area contributed by atoms with E-state index in [1.54, 1.807) is 0 Å². The first kappa shape index (κ1) is 16.1. The minimum atomic E-state index is 1.02. The summed E-state index contributed by atoms with van der Waals surface area (Å²) >= 11 is 0. The molecule has 0 spiro atoms. The molecule has 2 aromatic rings. The third-order valence-electron chi connectivity index (χ3n) is 4.82. The van der Waals surface area contributed by atoms with Gasteiger partial charge in [0.05, 0.1) is 5.69 Å². The van der Waals surface area contributed by atoms with Gasteiger partial charge >= 0.3 is 0 Å². The molecular weight excluding hydrogens is 284 g/mol. The van der Waals surface area contributed by atoms with Gasteiger partial charge in [-0.1, -0.05) is 19.1 Å². The first-order chi connectivity index (χ1) is 11.3. The van der Waals surface area contributed by atoms with E-state index >= 15 is 0 Å². The molecule has 1 aromatic heterocycles. The average Bonchev–Trinajstić information content (AvgIpc) is 3.00. The second kappa shape index (κ2) is 7.18. The summed E-state index contributed by atoms with van der Waals surface area (Å²) < 4.78 is 0. The molecule has 0 radical (unpaired) electrons. The molecule has 124 valence electrons. The van der Waals surface area contributed by atoms with Gasteiger partial charge in [0.15, 0.2) is 0 Å². The van der Waals surface area contributed by atoms with E-state index in [-0.39, 0.29) is 0 Å². The zero-order chi connectivity index (χ0) is 16.2. The van der Waals surface area contributed by atoms with E-state index in [2.05, 4.69) is 65.0 Å². The lowest BCUT2D eigenvalue weighted by molar-refractivity contribution is 0.254. The second-order valence-electron chi connectivity index (χ2n) is 6.27. The predicted octanol–water partition coefficient (Wildman–Crippen LogP) is 3.69. The number of hydrogen-bond acceptors (Lipinski definition) is 3. The number of nitrogens with one attached hydrogen (secondary N) is 1. The maximum Gasteiger partial charge on any atom is 0.0968 e. The highest BCUT2D eigenvalue weighted by Gasteiger charge is 2.22. The number of nitrogens with zero attached hydrogens (tertiary/aromatic N) is 3. The standard InChI is InChI=1S/C19H28N4/c1-4-12-22-13-11-18-17(14-22)19(21-20-18)15-7-9-16(10-8-15)23(5-2)6-3/h7-10H,4-6,11-14H2,1-3H3,(H,20,21). The Morgan fingerprint density at radius 1 is 1.13 bits per heavy atom. The number of anilines is 1.